The van der Waals surface area contributed by atoms with E-state index in [0.29, 0.717) is 22.0 Å². The summed E-state index contributed by atoms with van der Waals surface area (Å²) < 4.78 is 0. The van der Waals surface area contributed by atoms with Crippen LogP contribution in [0.2, 0.25) is 5.02 Å². The molecule has 0 radical (unpaired) electrons. The normalized spacial score (nSPS) is 14.5. The number of nitrogens with zero attached hydrogens (tertiary/aromatic N) is 1. The molecule has 0 spiro atoms. The molecule has 2 aromatic rings. The summed E-state index contributed by atoms with van der Waals surface area (Å²) in [4.78, 5) is 28.7. The van der Waals surface area contributed by atoms with Crippen LogP contribution in [0, 0.1) is 0 Å². The lowest BCUT2D eigenvalue weighted by molar-refractivity contribution is -0.136. The highest BCUT2D eigenvalue weighted by Gasteiger charge is 2.38. The first-order chi connectivity index (χ1) is 12.6. The van der Waals surface area contributed by atoms with E-state index >= 15 is 0 Å². The van der Waals surface area contributed by atoms with Gasteiger partial charge in [-0.2, -0.15) is 0 Å². The third-order valence-corrected chi connectivity index (χ3v) is 5.55. The molecule has 0 atom stereocenters. The second-order valence-corrected chi connectivity index (χ2v) is 7.62. The first kappa shape index (κ1) is 18.7. The number of carbonyl (C=O) groups is 2. The molecule has 1 heterocycles. The van der Waals surface area contributed by atoms with Crippen molar-refractivity contribution in [2.75, 3.05) is 6.54 Å². The van der Waals surface area contributed by atoms with Gasteiger partial charge in [0, 0.05) is 16.5 Å². The molecular formula is C21H20ClNO2S. The standard InChI is InChI=1S/C21H20ClNO2S/c1-2-3-7-14-23-20(24)18(15-8-5-4-6-9-15)19(21(23)25)26-17-12-10-16(22)11-13-17/h4-6,8-13H,2-3,7,14H2,1H3. The third kappa shape index (κ3) is 4.02. The van der Waals surface area contributed by atoms with Gasteiger partial charge >= 0.3 is 0 Å². The maximum absolute atomic E-state index is 13.0. The van der Waals surface area contributed by atoms with Gasteiger partial charge in [-0.15, -0.1) is 0 Å². The van der Waals surface area contributed by atoms with Crippen molar-refractivity contribution in [2.45, 2.75) is 31.1 Å². The summed E-state index contributed by atoms with van der Waals surface area (Å²) in [6, 6.07) is 16.7. The molecule has 134 valence electrons. The van der Waals surface area contributed by atoms with Crippen molar-refractivity contribution < 1.29 is 9.59 Å². The van der Waals surface area contributed by atoms with E-state index in [1.165, 1.54) is 16.7 Å². The van der Waals surface area contributed by atoms with Crippen LogP contribution in [-0.2, 0) is 9.59 Å². The summed E-state index contributed by atoms with van der Waals surface area (Å²) >= 11 is 7.27. The summed E-state index contributed by atoms with van der Waals surface area (Å²) in [5, 5.41) is 0.640. The fourth-order valence-electron chi connectivity index (χ4n) is 2.85. The quantitative estimate of drug-likeness (QED) is 0.473. The van der Waals surface area contributed by atoms with E-state index in [1.807, 2.05) is 42.5 Å². The summed E-state index contributed by atoms with van der Waals surface area (Å²) in [5.41, 5.74) is 1.27. The number of imide groups is 1. The SMILES string of the molecule is CCCCCN1C(=O)C(Sc2ccc(Cl)cc2)=C(c2ccccc2)C1=O. The van der Waals surface area contributed by atoms with Crippen molar-refractivity contribution >= 4 is 40.8 Å². The highest BCUT2D eigenvalue weighted by molar-refractivity contribution is 8.04. The smallest absolute Gasteiger partial charge is 0.268 e. The lowest BCUT2D eigenvalue weighted by Crippen LogP contribution is -2.32. The van der Waals surface area contributed by atoms with Gasteiger partial charge in [-0.1, -0.05) is 73.5 Å². The minimum absolute atomic E-state index is 0.200. The molecule has 0 bridgehead atoms. The van der Waals surface area contributed by atoms with Crippen LogP contribution in [0.4, 0.5) is 0 Å². The van der Waals surface area contributed by atoms with E-state index in [9.17, 15) is 9.59 Å². The molecule has 2 amide bonds. The highest BCUT2D eigenvalue weighted by atomic mass is 35.5. The summed E-state index contributed by atoms with van der Waals surface area (Å²) in [6.45, 7) is 2.57. The molecule has 0 saturated carbocycles. The van der Waals surface area contributed by atoms with Crippen molar-refractivity contribution in [1.82, 2.24) is 4.90 Å². The van der Waals surface area contributed by atoms with E-state index in [0.717, 1.165) is 29.7 Å². The zero-order valence-electron chi connectivity index (χ0n) is 14.6. The van der Waals surface area contributed by atoms with Gasteiger partial charge in [0.2, 0.25) is 0 Å². The van der Waals surface area contributed by atoms with Gasteiger partial charge in [-0.3, -0.25) is 14.5 Å². The minimum atomic E-state index is -0.204. The zero-order chi connectivity index (χ0) is 18.5. The topological polar surface area (TPSA) is 37.4 Å². The summed E-state index contributed by atoms with van der Waals surface area (Å²) in [5.74, 6) is -0.404. The third-order valence-electron chi connectivity index (χ3n) is 4.21. The Morgan fingerprint density at radius 1 is 0.923 bits per heavy atom. The molecule has 1 aliphatic heterocycles. The van der Waals surface area contributed by atoms with Gasteiger partial charge in [0.15, 0.2) is 0 Å². The second kappa shape index (κ2) is 8.56. The van der Waals surface area contributed by atoms with Crippen LogP contribution in [-0.4, -0.2) is 23.3 Å². The van der Waals surface area contributed by atoms with Gasteiger partial charge in [0.05, 0.1) is 10.5 Å². The van der Waals surface area contributed by atoms with Crippen LogP contribution in [0.1, 0.15) is 31.7 Å². The summed E-state index contributed by atoms with van der Waals surface area (Å²) in [7, 11) is 0. The van der Waals surface area contributed by atoms with Gasteiger partial charge in [-0.25, -0.2) is 0 Å². The fraction of sp³-hybridized carbons (Fsp3) is 0.238. The number of thioether (sulfide) groups is 1. The molecule has 5 heteroatoms. The van der Waals surface area contributed by atoms with Crippen LogP contribution in [0.3, 0.4) is 0 Å². The average molecular weight is 386 g/mol. The van der Waals surface area contributed by atoms with Crippen molar-refractivity contribution in [3.63, 3.8) is 0 Å². The molecule has 3 nitrogen and oxygen atoms in total. The van der Waals surface area contributed by atoms with Crippen molar-refractivity contribution in [3.05, 3.63) is 70.1 Å². The number of carbonyl (C=O) groups excluding carboxylic acids is 2. The first-order valence-electron chi connectivity index (χ1n) is 8.71. The number of hydrogen-bond donors (Lipinski definition) is 0. The fourth-order valence-corrected chi connectivity index (χ4v) is 3.99. The Morgan fingerprint density at radius 2 is 1.62 bits per heavy atom. The van der Waals surface area contributed by atoms with E-state index < -0.39 is 0 Å². The largest absolute Gasteiger partial charge is 0.274 e. The van der Waals surface area contributed by atoms with Gasteiger partial charge < -0.3 is 0 Å². The minimum Gasteiger partial charge on any atom is -0.274 e. The monoisotopic (exact) mass is 385 g/mol. The van der Waals surface area contributed by atoms with Crippen molar-refractivity contribution in [3.8, 4) is 0 Å². The maximum atomic E-state index is 13.0. The Morgan fingerprint density at radius 3 is 2.27 bits per heavy atom. The Hall–Kier alpha value is -2.04. The molecule has 3 rings (SSSR count). The van der Waals surface area contributed by atoms with E-state index in [4.69, 9.17) is 11.6 Å². The van der Waals surface area contributed by atoms with Crippen LogP contribution in [0.15, 0.2) is 64.4 Å². The molecule has 2 aromatic carbocycles. The molecule has 0 aliphatic carbocycles. The van der Waals surface area contributed by atoms with Crippen molar-refractivity contribution in [1.29, 1.82) is 0 Å². The lowest BCUT2D eigenvalue weighted by Gasteiger charge is -2.14. The Kier molecular flexibility index (Phi) is 6.17. The van der Waals surface area contributed by atoms with Crippen molar-refractivity contribution in [2.24, 2.45) is 0 Å². The van der Waals surface area contributed by atoms with Crippen LogP contribution in [0.5, 0.6) is 0 Å². The molecule has 1 aliphatic rings. The molecule has 0 saturated heterocycles. The highest BCUT2D eigenvalue weighted by Crippen LogP contribution is 2.39. The Balaban J connectivity index is 1.95. The molecule has 0 aromatic heterocycles. The van der Waals surface area contributed by atoms with Crippen LogP contribution in [0.25, 0.3) is 5.57 Å². The zero-order valence-corrected chi connectivity index (χ0v) is 16.1. The second-order valence-electron chi connectivity index (χ2n) is 6.10. The van der Waals surface area contributed by atoms with E-state index in [1.54, 1.807) is 12.1 Å². The van der Waals surface area contributed by atoms with Crippen LogP contribution >= 0.6 is 23.4 Å². The number of amides is 2. The maximum Gasteiger partial charge on any atom is 0.268 e. The number of hydrogen-bond acceptors (Lipinski definition) is 3. The summed E-state index contributed by atoms with van der Waals surface area (Å²) in [6.07, 6.45) is 2.87. The molecule has 26 heavy (non-hydrogen) atoms. The first-order valence-corrected chi connectivity index (χ1v) is 9.90. The lowest BCUT2D eigenvalue weighted by atomic mass is 10.1. The number of benzene rings is 2. The number of unbranched alkanes of at least 4 members (excludes halogenated alkanes) is 2. The predicted octanol–water partition coefficient (Wildman–Crippen LogP) is 5.40. The Bertz CT molecular complexity index is 831. The van der Waals surface area contributed by atoms with Gasteiger partial charge in [-0.05, 0) is 36.2 Å². The number of halogens is 1. The molecule has 0 fully saturated rings. The van der Waals surface area contributed by atoms with E-state index in [2.05, 4.69) is 6.92 Å². The molecule has 0 unspecified atom stereocenters. The number of rotatable bonds is 7. The predicted molar refractivity (Wildman–Crippen MR) is 107 cm³/mol. The van der Waals surface area contributed by atoms with Gasteiger partial charge in [0.1, 0.15) is 0 Å². The average Bonchev–Trinajstić information content (AvgIpc) is 2.88. The molecular weight excluding hydrogens is 366 g/mol. The molecule has 0 N–H and O–H groups in total. The van der Waals surface area contributed by atoms with E-state index in [-0.39, 0.29) is 11.8 Å². The Labute approximate surface area is 163 Å². The van der Waals surface area contributed by atoms with Crippen LogP contribution < -0.4 is 0 Å². The van der Waals surface area contributed by atoms with Gasteiger partial charge in [0.25, 0.3) is 11.8 Å².